The molecule has 8 heteroatoms. The second kappa shape index (κ2) is 10.6. The normalized spacial score (nSPS) is 18.4. The fraction of sp³-hybridized carbons (Fsp3) is 0.276. The lowest BCUT2D eigenvalue weighted by Crippen LogP contribution is -2.58. The molecule has 1 aliphatic heterocycles. The molecule has 0 saturated heterocycles. The van der Waals surface area contributed by atoms with Gasteiger partial charge in [-0.05, 0) is 53.3 Å². The molecular formula is C29H30ClN3O4. The zero-order valence-electron chi connectivity index (χ0n) is 20.9. The minimum absolute atomic E-state index is 0.249. The summed E-state index contributed by atoms with van der Waals surface area (Å²) in [6.45, 7) is 5.37. The van der Waals surface area contributed by atoms with Crippen LogP contribution in [0.15, 0.2) is 78.9 Å². The third-order valence-corrected chi connectivity index (χ3v) is 6.75. The van der Waals surface area contributed by atoms with E-state index in [1.54, 1.807) is 57.2 Å². The molecule has 0 aliphatic carbocycles. The quantitative estimate of drug-likeness (QED) is 0.391. The molecule has 3 aromatic rings. The summed E-state index contributed by atoms with van der Waals surface area (Å²) < 4.78 is 0. The lowest BCUT2D eigenvalue weighted by molar-refractivity contribution is -0.143. The van der Waals surface area contributed by atoms with Crippen LogP contribution in [0.25, 0.3) is 0 Å². The monoisotopic (exact) mass is 519 g/mol. The van der Waals surface area contributed by atoms with Crippen LogP contribution in [0.1, 0.15) is 44.2 Å². The van der Waals surface area contributed by atoms with Gasteiger partial charge in [-0.15, -0.1) is 0 Å². The molecule has 1 aliphatic rings. The first kappa shape index (κ1) is 26.2. The Labute approximate surface area is 221 Å². The first-order valence-corrected chi connectivity index (χ1v) is 12.5. The standard InChI is InChI=1S/C29H30ClN3O4/c1-29(2,3)25(27(35)36)33-24-12-8-7-11-21(24)22(18-9-5-4-6-10-18)17-23(26(33)34)32-28(37)31-20-15-13-19(30)14-16-20/h4-16,22-23,25H,17H2,1-3H3,(H,35,36)(H2,31,32,37). The van der Waals surface area contributed by atoms with Crippen LogP contribution in [-0.2, 0) is 9.59 Å². The summed E-state index contributed by atoms with van der Waals surface area (Å²) in [6.07, 6.45) is 0.265. The summed E-state index contributed by atoms with van der Waals surface area (Å²) in [7, 11) is 0. The minimum Gasteiger partial charge on any atom is -0.480 e. The molecule has 0 radical (unpaired) electrons. The highest BCUT2D eigenvalue weighted by Crippen LogP contribution is 2.42. The summed E-state index contributed by atoms with van der Waals surface area (Å²) in [5.41, 5.74) is 2.07. The van der Waals surface area contributed by atoms with Crippen LogP contribution in [0.5, 0.6) is 0 Å². The van der Waals surface area contributed by atoms with E-state index < -0.39 is 35.4 Å². The number of para-hydroxylation sites is 1. The third-order valence-electron chi connectivity index (χ3n) is 6.50. The smallest absolute Gasteiger partial charge is 0.327 e. The molecule has 192 valence electrons. The Morgan fingerprint density at radius 1 is 0.973 bits per heavy atom. The molecule has 3 atom stereocenters. The van der Waals surface area contributed by atoms with Crippen LogP contribution < -0.4 is 15.5 Å². The molecule has 3 aromatic carbocycles. The molecule has 0 bridgehead atoms. The second-order valence-electron chi connectivity index (χ2n) is 10.2. The zero-order valence-corrected chi connectivity index (χ0v) is 21.7. The van der Waals surface area contributed by atoms with Gasteiger partial charge in [-0.3, -0.25) is 9.69 Å². The van der Waals surface area contributed by atoms with Crippen molar-refractivity contribution in [2.24, 2.45) is 5.41 Å². The highest BCUT2D eigenvalue weighted by atomic mass is 35.5. The average Bonchev–Trinajstić information content (AvgIpc) is 2.96. The average molecular weight is 520 g/mol. The largest absolute Gasteiger partial charge is 0.480 e. The molecular weight excluding hydrogens is 490 g/mol. The van der Waals surface area contributed by atoms with Crippen molar-refractivity contribution in [3.05, 3.63) is 95.0 Å². The van der Waals surface area contributed by atoms with Gasteiger partial charge in [-0.2, -0.15) is 0 Å². The first-order valence-electron chi connectivity index (χ1n) is 12.1. The lowest BCUT2D eigenvalue weighted by Gasteiger charge is -2.38. The van der Waals surface area contributed by atoms with Crippen LogP contribution in [0.2, 0.25) is 5.02 Å². The Balaban J connectivity index is 1.79. The summed E-state index contributed by atoms with van der Waals surface area (Å²) in [5, 5.41) is 16.3. The van der Waals surface area contributed by atoms with Gasteiger partial charge in [-0.25, -0.2) is 9.59 Å². The summed E-state index contributed by atoms with van der Waals surface area (Å²) >= 11 is 5.94. The maximum Gasteiger partial charge on any atom is 0.327 e. The molecule has 37 heavy (non-hydrogen) atoms. The van der Waals surface area contributed by atoms with Crippen molar-refractivity contribution in [1.29, 1.82) is 0 Å². The maximum atomic E-state index is 14.1. The van der Waals surface area contributed by atoms with Gasteiger partial charge in [0.2, 0.25) is 5.91 Å². The van der Waals surface area contributed by atoms with Crippen LogP contribution in [0.3, 0.4) is 0 Å². The van der Waals surface area contributed by atoms with E-state index in [2.05, 4.69) is 10.6 Å². The number of carbonyl (C=O) groups excluding carboxylic acids is 2. The summed E-state index contributed by atoms with van der Waals surface area (Å²) in [5.74, 6) is -1.83. The predicted molar refractivity (Wildman–Crippen MR) is 145 cm³/mol. The number of nitrogens with zero attached hydrogens (tertiary/aromatic N) is 1. The van der Waals surface area contributed by atoms with E-state index in [1.807, 2.05) is 42.5 Å². The highest BCUT2D eigenvalue weighted by molar-refractivity contribution is 6.30. The minimum atomic E-state index is -1.15. The first-order chi connectivity index (χ1) is 17.6. The number of rotatable bonds is 5. The number of hydrogen-bond donors (Lipinski definition) is 3. The van der Waals surface area contributed by atoms with E-state index in [1.165, 1.54) is 4.90 Å². The van der Waals surface area contributed by atoms with Crippen molar-refractivity contribution in [1.82, 2.24) is 5.32 Å². The second-order valence-corrected chi connectivity index (χ2v) is 10.7. The van der Waals surface area contributed by atoms with Gasteiger partial charge < -0.3 is 15.7 Å². The molecule has 3 amide bonds. The third kappa shape index (κ3) is 5.78. The number of carboxylic acids is 1. The van der Waals surface area contributed by atoms with Gasteiger partial charge in [0.15, 0.2) is 0 Å². The van der Waals surface area contributed by atoms with Crippen molar-refractivity contribution in [3.8, 4) is 0 Å². The summed E-state index contributed by atoms with van der Waals surface area (Å²) in [6, 6.07) is 21.0. The van der Waals surface area contributed by atoms with E-state index in [9.17, 15) is 19.5 Å². The van der Waals surface area contributed by atoms with Crippen molar-refractivity contribution in [2.45, 2.75) is 45.2 Å². The molecule has 0 spiro atoms. The van der Waals surface area contributed by atoms with E-state index in [4.69, 9.17) is 11.6 Å². The summed E-state index contributed by atoms with van der Waals surface area (Å²) in [4.78, 5) is 41.0. The fourth-order valence-electron chi connectivity index (χ4n) is 4.87. The maximum absolute atomic E-state index is 14.1. The van der Waals surface area contributed by atoms with Crippen molar-refractivity contribution in [2.75, 3.05) is 10.2 Å². The molecule has 3 unspecified atom stereocenters. The Hall–Kier alpha value is -3.84. The number of carbonyl (C=O) groups is 3. The van der Waals surface area contributed by atoms with Crippen LogP contribution in [0.4, 0.5) is 16.2 Å². The number of nitrogens with one attached hydrogen (secondary N) is 2. The number of hydrogen-bond acceptors (Lipinski definition) is 3. The topological polar surface area (TPSA) is 98.7 Å². The molecule has 3 N–H and O–H groups in total. The molecule has 0 fully saturated rings. The number of urea groups is 1. The Bertz CT molecular complexity index is 1290. The predicted octanol–water partition coefficient (Wildman–Crippen LogP) is 5.90. The fourth-order valence-corrected chi connectivity index (χ4v) is 4.99. The molecule has 0 saturated carbocycles. The SMILES string of the molecule is CC(C)(C)C(C(=O)O)N1C(=O)C(NC(=O)Nc2ccc(Cl)cc2)CC(c2ccccc2)c2ccccc21. The zero-order chi connectivity index (χ0) is 26.7. The van der Waals surface area contributed by atoms with Gasteiger partial charge in [0, 0.05) is 22.3 Å². The van der Waals surface area contributed by atoms with E-state index in [0.717, 1.165) is 11.1 Å². The number of anilines is 2. The van der Waals surface area contributed by atoms with Gasteiger partial charge in [-0.1, -0.05) is 80.9 Å². The Morgan fingerprint density at radius 2 is 1.59 bits per heavy atom. The van der Waals surface area contributed by atoms with Gasteiger partial charge in [0.25, 0.3) is 0 Å². The van der Waals surface area contributed by atoms with E-state index in [-0.39, 0.29) is 12.3 Å². The van der Waals surface area contributed by atoms with E-state index >= 15 is 0 Å². The van der Waals surface area contributed by atoms with Crippen LogP contribution >= 0.6 is 11.6 Å². The van der Waals surface area contributed by atoms with Gasteiger partial charge in [0.05, 0.1) is 0 Å². The van der Waals surface area contributed by atoms with Crippen molar-refractivity contribution in [3.63, 3.8) is 0 Å². The van der Waals surface area contributed by atoms with Crippen LogP contribution in [0, 0.1) is 5.41 Å². The number of halogens is 1. The molecule has 7 nitrogen and oxygen atoms in total. The number of aliphatic carboxylic acids is 1. The van der Waals surface area contributed by atoms with Crippen molar-refractivity contribution < 1.29 is 19.5 Å². The number of benzene rings is 3. The molecule has 0 aromatic heterocycles. The Morgan fingerprint density at radius 3 is 2.22 bits per heavy atom. The van der Waals surface area contributed by atoms with Gasteiger partial charge >= 0.3 is 12.0 Å². The van der Waals surface area contributed by atoms with Crippen molar-refractivity contribution >= 4 is 40.9 Å². The number of carboxylic acid groups (broad SMARTS) is 1. The molecule has 1 heterocycles. The highest BCUT2D eigenvalue weighted by Gasteiger charge is 2.46. The van der Waals surface area contributed by atoms with Gasteiger partial charge in [0.1, 0.15) is 12.1 Å². The molecule has 4 rings (SSSR count). The van der Waals surface area contributed by atoms with E-state index in [0.29, 0.717) is 16.4 Å². The Kier molecular flexibility index (Phi) is 7.55. The number of amides is 3. The van der Waals surface area contributed by atoms with Crippen LogP contribution in [-0.4, -0.2) is 35.1 Å². The number of fused-ring (bicyclic) bond motifs is 1. The lowest BCUT2D eigenvalue weighted by atomic mass is 9.84.